The van der Waals surface area contributed by atoms with E-state index in [0.29, 0.717) is 11.6 Å². The van der Waals surface area contributed by atoms with Crippen molar-refractivity contribution in [2.45, 2.75) is 20.8 Å². The van der Waals surface area contributed by atoms with E-state index in [1.54, 1.807) is 32.9 Å². The van der Waals surface area contributed by atoms with Crippen LogP contribution in [0.4, 0.5) is 5.88 Å². The van der Waals surface area contributed by atoms with Crippen molar-refractivity contribution in [3.05, 3.63) is 17.9 Å². The van der Waals surface area contributed by atoms with Crippen LogP contribution < -0.4 is 4.90 Å². The molecule has 0 aromatic carbocycles. The predicted molar refractivity (Wildman–Crippen MR) is 62.8 cm³/mol. The first-order chi connectivity index (χ1) is 7.84. The molecule has 1 amide bonds. The highest BCUT2D eigenvalue weighted by Crippen LogP contribution is 2.21. The van der Waals surface area contributed by atoms with Crippen LogP contribution in [0.2, 0.25) is 0 Å². The quantitative estimate of drug-likeness (QED) is 0.815. The number of hydrogen-bond donors (Lipinski definition) is 1. The highest BCUT2D eigenvalue weighted by molar-refractivity contribution is 6.04. The fraction of sp³-hybridized carbons (Fsp3) is 0.500. The molecular weight excluding hydrogens is 222 g/mol. The summed E-state index contributed by atoms with van der Waals surface area (Å²) in [6, 6.07) is 3.37. The number of carboxylic acid groups (broad SMARTS) is 1. The van der Waals surface area contributed by atoms with Gasteiger partial charge in [0.05, 0.1) is 0 Å². The molecule has 0 saturated carbocycles. The van der Waals surface area contributed by atoms with Crippen LogP contribution in [-0.2, 0) is 9.59 Å². The summed E-state index contributed by atoms with van der Waals surface area (Å²) in [7, 11) is 1.51. The minimum absolute atomic E-state index is 0.265. The number of anilines is 1. The van der Waals surface area contributed by atoms with Gasteiger partial charge in [0.2, 0.25) is 11.8 Å². The maximum Gasteiger partial charge on any atom is 0.316 e. The molecule has 1 unspecified atom stereocenters. The number of nitrogens with zero attached hydrogens (tertiary/aromatic N) is 1. The molecule has 1 aromatic heterocycles. The Morgan fingerprint density at radius 3 is 2.29 bits per heavy atom. The number of carboxylic acids is 1. The van der Waals surface area contributed by atoms with Gasteiger partial charge in [0, 0.05) is 13.1 Å². The monoisotopic (exact) mass is 239 g/mol. The predicted octanol–water partition coefficient (Wildman–Crippen LogP) is 1.91. The van der Waals surface area contributed by atoms with Gasteiger partial charge in [-0.05, 0) is 18.9 Å². The Bertz CT molecular complexity index is 422. The summed E-state index contributed by atoms with van der Waals surface area (Å²) in [5, 5.41) is 9.04. The molecule has 17 heavy (non-hydrogen) atoms. The standard InChI is InChI=1S/C12H17NO4/c1-7(2)10(12(15)16)11(14)13(4)9-6-5-8(3)17-9/h5-7,10H,1-4H3,(H,15,16). The third-order valence-electron chi connectivity index (χ3n) is 2.59. The summed E-state index contributed by atoms with van der Waals surface area (Å²) in [6.45, 7) is 5.18. The summed E-state index contributed by atoms with van der Waals surface area (Å²) >= 11 is 0. The zero-order valence-electron chi connectivity index (χ0n) is 10.4. The molecule has 0 aliphatic carbocycles. The van der Waals surface area contributed by atoms with Gasteiger partial charge in [-0.25, -0.2) is 0 Å². The third-order valence-corrected chi connectivity index (χ3v) is 2.59. The third kappa shape index (κ3) is 2.87. The SMILES string of the molecule is Cc1ccc(N(C)C(=O)C(C(=O)O)C(C)C)o1. The smallest absolute Gasteiger partial charge is 0.316 e. The highest BCUT2D eigenvalue weighted by atomic mass is 16.4. The first kappa shape index (κ1) is 13.3. The van der Waals surface area contributed by atoms with Crippen LogP contribution >= 0.6 is 0 Å². The second kappa shape index (κ2) is 5.03. The maximum atomic E-state index is 12.0. The summed E-state index contributed by atoms with van der Waals surface area (Å²) in [4.78, 5) is 24.3. The van der Waals surface area contributed by atoms with Crippen molar-refractivity contribution in [2.75, 3.05) is 11.9 Å². The molecule has 1 rings (SSSR count). The number of aryl methyl sites for hydroxylation is 1. The Morgan fingerprint density at radius 2 is 1.94 bits per heavy atom. The van der Waals surface area contributed by atoms with Gasteiger partial charge in [-0.3, -0.25) is 14.5 Å². The molecule has 1 atom stereocenters. The van der Waals surface area contributed by atoms with Crippen LogP contribution in [0.15, 0.2) is 16.5 Å². The zero-order chi connectivity index (χ0) is 13.2. The van der Waals surface area contributed by atoms with Crippen molar-refractivity contribution in [1.82, 2.24) is 0 Å². The van der Waals surface area contributed by atoms with E-state index < -0.39 is 17.8 Å². The Balaban J connectivity index is 2.92. The van der Waals surface area contributed by atoms with Crippen molar-refractivity contribution in [3.63, 3.8) is 0 Å². The van der Waals surface area contributed by atoms with Crippen LogP contribution in [0.3, 0.4) is 0 Å². The van der Waals surface area contributed by atoms with Crippen molar-refractivity contribution in [2.24, 2.45) is 11.8 Å². The molecule has 0 bridgehead atoms. The minimum Gasteiger partial charge on any atom is -0.481 e. The second-order valence-electron chi connectivity index (χ2n) is 4.34. The zero-order valence-corrected chi connectivity index (χ0v) is 10.4. The molecule has 0 spiro atoms. The van der Waals surface area contributed by atoms with Crippen LogP contribution in [-0.4, -0.2) is 24.0 Å². The maximum absolute atomic E-state index is 12.0. The van der Waals surface area contributed by atoms with Gasteiger partial charge in [0.15, 0.2) is 0 Å². The first-order valence-corrected chi connectivity index (χ1v) is 5.41. The molecule has 94 valence electrons. The summed E-state index contributed by atoms with van der Waals surface area (Å²) in [5.74, 6) is -1.86. The topological polar surface area (TPSA) is 70.8 Å². The molecule has 0 aliphatic rings. The lowest BCUT2D eigenvalue weighted by Crippen LogP contribution is -2.39. The molecule has 1 N–H and O–H groups in total. The molecule has 1 heterocycles. The summed E-state index contributed by atoms with van der Waals surface area (Å²) < 4.78 is 5.29. The normalized spacial score (nSPS) is 12.5. The lowest BCUT2D eigenvalue weighted by molar-refractivity contribution is -0.147. The first-order valence-electron chi connectivity index (χ1n) is 5.41. The molecule has 1 aromatic rings. The van der Waals surface area contributed by atoms with E-state index >= 15 is 0 Å². The van der Waals surface area contributed by atoms with Gasteiger partial charge in [0.1, 0.15) is 11.7 Å². The van der Waals surface area contributed by atoms with Crippen molar-refractivity contribution in [3.8, 4) is 0 Å². The van der Waals surface area contributed by atoms with Crippen LogP contribution in [0.25, 0.3) is 0 Å². The molecule has 0 aliphatic heterocycles. The average molecular weight is 239 g/mol. The molecule has 5 heteroatoms. The summed E-state index contributed by atoms with van der Waals surface area (Å²) in [6.07, 6.45) is 0. The van der Waals surface area contributed by atoms with Gasteiger partial charge in [-0.1, -0.05) is 13.8 Å². The van der Waals surface area contributed by atoms with E-state index in [4.69, 9.17) is 9.52 Å². The van der Waals surface area contributed by atoms with Crippen LogP contribution in [0, 0.1) is 18.8 Å². The van der Waals surface area contributed by atoms with E-state index in [9.17, 15) is 9.59 Å². The van der Waals surface area contributed by atoms with Crippen LogP contribution in [0.1, 0.15) is 19.6 Å². The second-order valence-corrected chi connectivity index (χ2v) is 4.34. The van der Waals surface area contributed by atoms with Gasteiger partial charge >= 0.3 is 5.97 Å². The largest absolute Gasteiger partial charge is 0.481 e. The lowest BCUT2D eigenvalue weighted by atomic mass is 9.95. The van der Waals surface area contributed by atoms with Crippen molar-refractivity contribution in [1.29, 1.82) is 0 Å². The van der Waals surface area contributed by atoms with Gasteiger partial charge in [-0.2, -0.15) is 0 Å². The molecule has 5 nitrogen and oxygen atoms in total. The number of aliphatic carboxylic acids is 1. The number of amides is 1. The average Bonchev–Trinajstić information content (AvgIpc) is 2.62. The van der Waals surface area contributed by atoms with E-state index in [-0.39, 0.29) is 5.92 Å². The Morgan fingerprint density at radius 1 is 1.35 bits per heavy atom. The number of carbonyl (C=O) groups is 2. The Kier molecular flexibility index (Phi) is 3.93. The van der Waals surface area contributed by atoms with Crippen LogP contribution in [0.5, 0.6) is 0 Å². The lowest BCUT2D eigenvalue weighted by Gasteiger charge is -2.21. The number of carbonyl (C=O) groups excluding carboxylic acids is 1. The van der Waals surface area contributed by atoms with E-state index in [0.717, 1.165) is 0 Å². The highest BCUT2D eigenvalue weighted by Gasteiger charge is 2.33. The van der Waals surface area contributed by atoms with E-state index in [1.165, 1.54) is 11.9 Å². The molecule has 0 fully saturated rings. The Labute approximate surface area is 100 Å². The fourth-order valence-corrected chi connectivity index (χ4v) is 1.60. The summed E-state index contributed by atoms with van der Waals surface area (Å²) in [5.41, 5.74) is 0. The van der Waals surface area contributed by atoms with Crippen molar-refractivity contribution >= 4 is 17.8 Å². The van der Waals surface area contributed by atoms with E-state index in [2.05, 4.69) is 0 Å². The number of hydrogen-bond acceptors (Lipinski definition) is 3. The molecule has 0 saturated heterocycles. The number of rotatable bonds is 4. The molecular formula is C12H17NO4. The number of furan rings is 1. The van der Waals surface area contributed by atoms with Gasteiger partial charge in [-0.15, -0.1) is 0 Å². The van der Waals surface area contributed by atoms with Crippen molar-refractivity contribution < 1.29 is 19.1 Å². The van der Waals surface area contributed by atoms with E-state index in [1.807, 2.05) is 0 Å². The van der Waals surface area contributed by atoms with Gasteiger partial charge in [0.25, 0.3) is 0 Å². The molecule has 0 radical (unpaired) electrons. The van der Waals surface area contributed by atoms with Gasteiger partial charge < -0.3 is 9.52 Å². The fourth-order valence-electron chi connectivity index (χ4n) is 1.60. The minimum atomic E-state index is -1.11. The Hall–Kier alpha value is -1.78.